The fraction of sp³-hybridized carbons (Fsp3) is 0.259. The highest BCUT2D eigenvalue weighted by atomic mass is 32.1. The Bertz CT molecular complexity index is 1440. The van der Waals surface area contributed by atoms with Gasteiger partial charge in [0.2, 0.25) is 0 Å². The van der Waals surface area contributed by atoms with Gasteiger partial charge < -0.3 is 9.64 Å². The lowest BCUT2D eigenvalue weighted by Gasteiger charge is -2.38. The van der Waals surface area contributed by atoms with E-state index in [-0.39, 0.29) is 11.9 Å². The van der Waals surface area contributed by atoms with Gasteiger partial charge in [0, 0.05) is 26.2 Å². The highest BCUT2D eigenvalue weighted by Gasteiger charge is 2.31. The van der Waals surface area contributed by atoms with E-state index >= 15 is 0 Å². The van der Waals surface area contributed by atoms with Gasteiger partial charge >= 0.3 is 0 Å². The molecule has 2 aromatic heterocycles. The van der Waals surface area contributed by atoms with Crippen LogP contribution in [0.1, 0.15) is 23.0 Å². The number of halogens is 1. The Morgan fingerprint density at radius 2 is 1.70 bits per heavy atom. The summed E-state index contributed by atoms with van der Waals surface area (Å²) in [6.45, 7) is 3.78. The van der Waals surface area contributed by atoms with Crippen molar-refractivity contribution in [3.05, 3.63) is 95.6 Å². The molecule has 0 spiro atoms. The lowest BCUT2D eigenvalue weighted by Crippen LogP contribution is -2.48. The average molecular weight is 516 g/mol. The Hall–Kier alpha value is -3.89. The Morgan fingerprint density at radius 3 is 2.43 bits per heavy atom. The Morgan fingerprint density at radius 1 is 0.946 bits per heavy atom. The molecular formula is C27H26FN7OS. The lowest BCUT2D eigenvalue weighted by molar-refractivity contribution is 0.201. The quantitative estimate of drug-likeness (QED) is 0.318. The minimum Gasteiger partial charge on any atom is -0.497 e. The van der Waals surface area contributed by atoms with Crippen molar-refractivity contribution >= 4 is 26.7 Å². The van der Waals surface area contributed by atoms with Gasteiger partial charge in [-0.15, -0.1) is 5.10 Å². The summed E-state index contributed by atoms with van der Waals surface area (Å²) in [6.07, 6.45) is 0. The first-order valence-corrected chi connectivity index (χ1v) is 13.0. The smallest absolute Gasteiger partial charge is 0.186 e. The molecule has 0 saturated carbocycles. The van der Waals surface area contributed by atoms with Gasteiger partial charge in [-0.3, -0.25) is 4.90 Å². The monoisotopic (exact) mass is 515 g/mol. The van der Waals surface area contributed by atoms with Crippen LogP contribution in [0.25, 0.3) is 10.2 Å². The van der Waals surface area contributed by atoms with Crippen LogP contribution in [0.3, 0.4) is 0 Å². The molecule has 1 saturated heterocycles. The van der Waals surface area contributed by atoms with Crippen LogP contribution in [0, 0.1) is 5.82 Å². The first kappa shape index (κ1) is 23.5. The predicted molar refractivity (Wildman–Crippen MR) is 142 cm³/mol. The van der Waals surface area contributed by atoms with E-state index in [4.69, 9.17) is 9.72 Å². The molecule has 5 aromatic rings. The van der Waals surface area contributed by atoms with Gasteiger partial charge in [0.1, 0.15) is 11.6 Å². The molecular weight excluding hydrogens is 489 g/mol. The molecule has 1 aliphatic rings. The highest BCUT2D eigenvalue weighted by Crippen LogP contribution is 2.32. The minimum absolute atomic E-state index is 0.202. The Kier molecular flexibility index (Phi) is 6.50. The number of benzene rings is 3. The van der Waals surface area contributed by atoms with Crippen LogP contribution in [0.2, 0.25) is 0 Å². The molecule has 37 heavy (non-hydrogen) atoms. The second kappa shape index (κ2) is 10.2. The van der Waals surface area contributed by atoms with Crippen molar-refractivity contribution in [3.8, 4) is 5.75 Å². The van der Waals surface area contributed by atoms with E-state index in [1.54, 1.807) is 18.4 Å². The standard InChI is InChI=1S/C27H26FN7OS/c1-36-22-12-6-19(7-13-22)18-35-26(30-31-32-35)25(20-8-10-21(28)11-9-20)33-14-16-34(17-15-33)27-29-23-4-2-3-5-24(23)37-27/h2-13,25H,14-18H2,1H3. The number of hydrogen-bond donors (Lipinski definition) is 0. The number of nitrogens with zero attached hydrogens (tertiary/aromatic N) is 7. The number of thiazole rings is 1. The zero-order valence-electron chi connectivity index (χ0n) is 20.4. The summed E-state index contributed by atoms with van der Waals surface area (Å²) >= 11 is 1.72. The summed E-state index contributed by atoms with van der Waals surface area (Å²) in [5.41, 5.74) is 3.06. The van der Waals surface area contributed by atoms with Crippen molar-refractivity contribution in [1.82, 2.24) is 30.1 Å². The highest BCUT2D eigenvalue weighted by molar-refractivity contribution is 7.22. The maximum Gasteiger partial charge on any atom is 0.186 e. The van der Waals surface area contributed by atoms with E-state index < -0.39 is 0 Å². The third kappa shape index (κ3) is 4.90. The fourth-order valence-electron chi connectivity index (χ4n) is 4.76. The van der Waals surface area contributed by atoms with Crippen LogP contribution in [-0.4, -0.2) is 63.4 Å². The third-order valence-electron chi connectivity index (χ3n) is 6.71. The number of tetrazole rings is 1. The molecule has 3 aromatic carbocycles. The van der Waals surface area contributed by atoms with E-state index in [2.05, 4.69) is 37.5 Å². The second-order valence-corrected chi connectivity index (χ2v) is 9.99. The van der Waals surface area contributed by atoms with Crippen molar-refractivity contribution in [2.24, 2.45) is 0 Å². The molecule has 1 aliphatic heterocycles. The molecule has 1 fully saturated rings. The molecule has 0 bridgehead atoms. The molecule has 10 heteroatoms. The largest absolute Gasteiger partial charge is 0.497 e. The van der Waals surface area contributed by atoms with Gasteiger partial charge in [-0.25, -0.2) is 14.1 Å². The molecule has 1 unspecified atom stereocenters. The van der Waals surface area contributed by atoms with Gasteiger partial charge in [-0.2, -0.15) is 0 Å². The number of piperazine rings is 1. The number of ether oxygens (including phenoxy) is 1. The van der Waals surface area contributed by atoms with E-state index in [9.17, 15) is 4.39 Å². The average Bonchev–Trinajstić information content (AvgIpc) is 3.58. The zero-order chi connectivity index (χ0) is 25.2. The first-order chi connectivity index (χ1) is 18.2. The maximum atomic E-state index is 13.8. The van der Waals surface area contributed by atoms with E-state index in [1.165, 1.54) is 16.8 Å². The molecule has 3 heterocycles. The Balaban J connectivity index is 1.26. The summed E-state index contributed by atoms with van der Waals surface area (Å²) in [5, 5.41) is 13.8. The molecule has 8 nitrogen and oxygen atoms in total. The fourth-order valence-corrected chi connectivity index (χ4v) is 5.78. The molecule has 188 valence electrons. The summed E-state index contributed by atoms with van der Waals surface area (Å²) < 4.78 is 22.1. The number of hydrogen-bond acceptors (Lipinski definition) is 8. The first-order valence-electron chi connectivity index (χ1n) is 12.2. The van der Waals surface area contributed by atoms with E-state index in [0.29, 0.717) is 6.54 Å². The van der Waals surface area contributed by atoms with Crippen LogP contribution in [0.4, 0.5) is 9.52 Å². The molecule has 6 rings (SSSR count). The maximum absolute atomic E-state index is 13.8. The molecule has 1 atom stereocenters. The minimum atomic E-state index is -0.263. The normalized spacial score (nSPS) is 15.2. The Labute approximate surface area is 217 Å². The zero-order valence-corrected chi connectivity index (χ0v) is 21.2. The van der Waals surface area contributed by atoms with Gasteiger partial charge in [-0.05, 0) is 58.0 Å². The van der Waals surface area contributed by atoms with Crippen molar-refractivity contribution < 1.29 is 9.13 Å². The van der Waals surface area contributed by atoms with Crippen molar-refractivity contribution in [2.75, 3.05) is 38.2 Å². The van der Waals surface area contributed by atoms with Crippen molar-refractivity contribution in [3.63, 3.8) is 0 Å². The summed E-state index contributed by atoms with van der Waals surface area (Å²) in [4.78, 5) is 9.54. The topological polar surface area (TPSA) is 72.2 Å². The summed E-state index contributed by atoms with van der Waals surface area (Å²) in [5.74, 6) is 1.27. The van der Waals surface area contributed by atoms with Gasteiger partial charge in [0.25, 0.3) is 0 Å². The predicted octanol–water partition coefficient (Wildman–Crippen LogP) is 4.39. The van der Waals surface area contributed by atoms with E-state index in [1.807, 2.05) is 53.2 Å². The van der Waals surface area contributed by atoms with Crippen LogP contribution in [0.15, 0.2) is 72.8 Å². The van der Waals surface area contributed by atoms with Crippen molar-refractivity contribution in [1.29, 1.82) is 0 Å². The number of aromatic nitrogens is 5. The summed E-state index contributed by atoms with van der Waals surface area (Å²) in [7, 11) is 1.65. The third-order valence-corrected chi connectivity index (χ3v) is 7.81. The number of rotatable bonds is 7. The lowest BCUT2D eigenvalue weighted by atomic mass is 10.0. The van der Waals surface area contributed by atoms with Crippen molar-refractivity contribution in [2.45, 2.75) is 12.6 Å². The molecule has 0 amide bonds. The van der Waals surface area contributed by atoms with Crippen LogP contribution < -0.4 is 9.64 Å². The van der Waals surface area contributed by atoms with Crippen LogP contribution >= 0.6 is 11.3 Å². The van der Waals surface area contributed by atoms with Gasteiger partial charge in [0.05, 0.1) is 29.9 Å². The number of para-hydroxylation sites is 1. The number of fused-ring (bicyclic) bond motifs is 1. The molecule has 0 aliphatic carbocycles. The second-order valence-electron chi connectivity index (χ2n) is 8.98. The van der Waals surface area contributed by atoms with Crippen LogP contribution in [0.5, 0.6) is 5.75 Å². The van der Waals surface area contributed by atoms with E-state index in [0.717, 1.165) is 59.5 Å². The molecule has 0 radical (unpaired) electrons. The van der Waals surface area contributed by atoms with Gasteiger partial charge in [0.15, 0.2) is 11.0 Å². The number of anilines is 1. The number of methoxy groups -OCH3 is 1. The summed E-state index contributed by atoms with van der Waals surface area (Å²) in [6, 6.07) is 22.6. The van der Waals surface area contributed by atoms with Crippen LogP contribution in [-0.2, 0) is 6.54 Å². The SMILES string of the molecule is COc1ccc(Cn2nnnc2C(c2ccc(F)cc2)N2CCN(c3nc4ccccc4s3)CC2)cc1. The van der Waals surface area contributed by atoms with Gasteiger partial charge in [-0.1, -0.05) is 47.7 Å². The molecule has 0 N–H and O–H groups in total.